The Morgan fingerprint density at radius 1 is 0.542 bits per heavy atom. The van der Waals surface area contributed by atoms with E-state index in [0.29, 0.717) is 25.9 Å². The molecule has 1 aliphatic rings. The number of carbonyl (C=O) groups excluding carboxylic acids is 2. The van der Waals surface area contributed by atoms with E-state index in [1.54, 1.807) is 6.08 Å². The fraction of sp³-hybridized carbons (Fsp3) is 0.770. The largest absolute Gasteiger partial charge is 0.466 e. The van der Waals surface area contributed by atoms with Gasteiger partial charge in [0.05, 0.1) is 32.0 Å². The maximum absolute atomic E-state index is 13.0. The molecule has 416 valence electrons. The number of rotatable bonds is 49. The highest BCUT2D eigenvalue weighted by Gasteiger charge is 2.44. The van der Waals surface area contributed by atoms with Gasteiger partial charge in [-0.3, -0.25) is 9.59 Å². The van der Waals surface area contributed by atoms with Crippen molar-refractivity contribution in [2.75, 3.05) is 19.8 Å². The second-order valence-electron chi connectivity index (χ2n) is 20.0. The topological polar surface area (TPSA) is 175 Å². The number of nitrogens with one attached hydrogen (secondary N) is 1. The van der Waals surface area contributed by atoms with Crippen LogP contribution >= 0.6 is 0 Å². The van der Waals surface area contributed by atoms with Gasteiger partial charge in [0.15, 0.2) is 6.29 Å². The maximum Gasteiger partial charge on any atom is 0.305 e. The highest BCUT2D eigenvalue weighted by Crippen LogP contribution is 2.23. The fourth-order valence-electron chi connectivity index (χ4n) is 8.67. The van der Waals surface area contributed by atoms with Crippen LogP contribution in [0.3, 0.4) is 0 Å². The van der Waals surface area contributed by atoms with Crippen molar-refractivity contribution < 1.29 is 49.3 Å². The number of aliphatic hydroxyl groups is 5. The number of aliphatic hydroxyl groups excluding tert-OH is 5. The zero-order valence-corrected chi connectivity index (χ0v) is 45.6. The zero-order chi connectivity index (χ0) is 52.4. The summed E-state index contributed by atoms with van der Waals surface area (Å²) in [6.07, 6.45) is 55.9. The van der Waals surface area contributed by atoms with Gasteiger partial charge in [0, 0.05) is 12.8 Å². The van der Waals surface area contributed by atoms with Crippen molar-refractivity contribution in [2.24, 2.45) is 0 Å². The summed E-state index contributed by atoms with van der Waals surface area (Å²) in [7, 11) is 0. The van der Waals surface area contributed by atoms with E-state index in [1.165, 1.54) is 109 Å². The van der Waals surface area contributed by atoms with Gasteiger partial charge >= 0.3 is 5.97 Å². The van der Waals surface area contributed by atoms with Gasteiger partial charge in [-0.15, -0.1) is 0 Å². The van der Waals surface area contributed by atoms with Gasteiger partial charge < -0.3 is 45.1 Å². The van der Waals surface area contributed by atoms with E-state index < -0.39 is 49.5 Å². The molecule has 11 heteroatoms. The third-order valence-electron chi connectivity index (χ3n) is 13.3. The Morgan fingerprint density at radius 3 is 1.54 bits per heavy atom. The summed E-state index contributed by atoms with van der Waals surface area (Å²) in [5.41, 5.74) is 0. The molecular weight excluding hydrogens is 907 g/mol. The van der Waals surface area contributed by atoms with Crippen LogP contribution in [0, 0.1) is 0 Å². The minimum atomic E-state index is -1.59. The lowest BCUT2D eigenvalue weighted by atomic mass is 9.99. The molecule has 1 fully saturated rings. The van der Waals surface area contributed by atoms with Crippen molar-refractivity contribution >= 4 is 11.9 Å². The third kappa shape index (κ3) is 39.5. The normalized spacial score (nSPS) is 19.6. The van der Waals surface area contributed by atoms with Crippen LogP contribution in [0.2, 0.25) is 0 Å². The lowest BCUT2D eigenvalue weighted by molar-refractivity contribution is -0.302. The van der Waals surface area contributed by atoms with Crippen LogP contribution in [-0.2, 0) is 23.8 Å². The molecule has 1 heterocycles. The molecule has 7 atom stereocenters. The van der Waals surface area contributed by atoms with Crippen LogP contribution in [-0.4, -0.2) is 100 Å². The second kappa shape index (κ2) is 50.3. The number of hydrogen-bond donors (Lipinski definition) is 6. The summed E-state index contributed by atoms with van der Waals surface area (Å²) >= 11 is 0. The summed E-state index contributed by atoms with van der Waals surface area (Å²) < 4.78 is 16.6. The van der Waals surface area contributed by atoms with Gasteiger partial charge in [-0.2, -0.15) is 0 Å². The third-order valence-corrected chi connectivity index (χ3v) is 13.3. The Kier molecular flexibility index (Phi) is 46.9. The molecule has 11 nitrogen and oxygen atoms in total. The minimum absolute atomic E-state index is 0.0273. The van der Waals surface area contributed by atoms with Gasteiger partial charge in [0.2, 0.25) is 5.91 Å². The first-order valence-corrected chi connectivity index (χ1v) is 29.2. The zero-order valence-electron chi connectivity index (χ0n) is 45.6. The predicted octanol–water partition coefficient (Wildman–Crippen LogP) is 13.2. The lowest BCUT2D eigenvalue weighted by Crippen LogP contribution is -2.60. The SMILES string of the molecule is C/C=C/CC/C=C/CC/C=C/C(O)C(COC1OC(CO)C(O)C(O)C1O)NC(=O)CCCCCCC/C=C\CCCCCCCCCOC(=O)CCCCCCCCCCC/C=C\C/C=C\CCCCC. The van der Waals surface area contributed by atoms with Crippen molar-refractivity contribution in [2.45, 2.75) is 281 Å². The van der Waals surface area contributed by atoms with E-state index in [-0.39, 0.29) is 18.5 Å². The number of allylic oxidation sites excluding steroid dienone is 11. The smallest absolute Gasteiger partial charge is 0.305 e. The molecule has 0 spiro atoms. The maximum atomic E-state index is 13.0. The molecule has 0 aromatic heterocycles. The predicted molar refractivity (Wildman–Crippen MR) is 296 cm³/mol. The number of unbranched alkanes of at least 4 members (excludes halogenated alkanes) is 26. The first kappa shape index (κ1) is 67.1. The van der Waals surface area contributed by atoms with Crippen LogP contribution in [0.1, 0.15) is 239 Å². The van der Waals surface area contributed by atoms with E-state index in [2.05, 4.69) is 66.9 Å². The number of esters is 1. The van der Waals surface area contributed by atoms with E-state index in [0.717, 1.165) is 96.3 Å². The molecule has 1 rings (SSSR count). The van der Waals surface area contributed by atoms with Crippen LogP contribution in [0.15, 0.2) is 72.9 Å². The molecule has 0 radical (unpaired) electrons. The molecular formula is C61H107NO10. The van der Waals surface area contributed by atoms with Gasteiger partial charge in [-0.1, -0.05) is 189 Å². The lowest BCUT2D eigenvalue weighted by Gasteiger charge is -2.40. The van der Waals surface area contributed by atoms with E-state index in [4.69, 9.17) is 14.2 Å². The summed E-state index contributed by atoms with van der Waals surface area (Å²) in [5, 5.41) is 54.1. The number of ether oxygens (including phenoxy) is 3. The van der Waals surface area contributed by atoms with Crippen LogP contribution < -0.4 is 5.32 Å². The van der Waals surface area contributed by atoms with Crippen LogP contribution in [0.25, 0.3) is 0 Å². The Hall–Kier alpha value is -2.90. The number of amides is 1. The minimum Gasteiger partial charge on any atom is -0.466 e. The summed E-state index contributed by atoms with van der Waals surface area (Å²) in [4.78, 5) is 25.1. The summed E-state index contributed by atoms with van der Waals surface area (Å²) in [6, 6.07) is -0.847. The van der Waals surface area contributed by atoms with Crippen molar-refractivity contribution in [3.8, 4) is 0 Å². The van der Waals surface area contributed by atoms with E-state index in [1.807, 2.05) is 19.1 Å². The molecule has 0 bridgehead atoms. The van der Waals surface area contributed by atoms with Crippen molar-refractivity contribution in [1.29, 1.82) is 0 Å². The van der Waals surface area contributed by atoms with Crippen molar-refractivity contribution in [1.82, 2.24) is 5.32 Å². The van der Waals surface area contributed by atoms with Crippen molar-refractivity contribution in [3.05, 3.63) is 72.9 Å². The second-order valence-corrected chi connectivity index (χ2v) is 20.0. The van der Waals surface area contributed by atoms with Crippen LogP contribution in [0.5, 0.6) is 0 Å². The Balaban J connectivity index is 2.04. The number of hydrogen-bond acceptors (Lipinski definition) is 10. The monoisotopic (exact) mass is 1010 g/mol. The molecule has 1 saturated heterocycles. The summed E-state index contributed by atoms with van der Waals surface area (Å²) in [6.45, 7) is 4.01. The van der Waals surface area contributed by atoms with Crippen LogP contribution in [0.4, 0.5) is 0 Å². The molecule has 7 unspecified atom stereocenters. The Labute approximate surface area is 439 Å². The first-order chi connectivity index (χ1) is 35.2. The standard InChI is InChI=1S/C61H107NO10/c1-3-5-7-9-11-13-14-15-16-17-18-19-23-26-29-33-37-41-45-49-57(66)70-50-46-42-38-34-30-27-24-21-20-22-25-28-32-36-40-44-48-56(65)62-53(54(64)47-43-39-35-31-12-10-8-6-4-2)52-71-61-60(69)59(68)58(67)55(51-63)72-61/h4,6,11-13,15-16,20,22,31,43,47,53-55,58-61,63-64,67-69H,3,5,7-10,14,17-19,21,23-30,32-42,44-46,48-52H2,1-2H3,(H,62,65)/b6-4+,13-11-,16-15-,22-20-,31-12+,47-43+. The fourth-order valence-corrected chi connectivity index (χ4v) is 8.67. The quantitative estimate of drug-likeness (QED) is 0.0195. The highest BCUT2D eigenvalue weighted by molar-refractivity contribution is 5.76. The summed E-state index contributed by atoms with van der Waals surface area (Å²) in [5.74, 6) is -0.246. The van der Waals surface area contributed by atoms with E-state index in [9.17, 15) is 35.1 Å². The Morgan fingerprint density at radius 2 is 1.00 bits per heavy atom. The van der Waals surface area contributed by atoms with Gasteiger partial charge in [-0.25, -0.2) is 0 Å². The molecule has 6 N–H and O–H groups in total. The molecule has 1 amide bonds. The van der Waals surface area contributed by atoms with Gasteiger partial charge in [-0.05, 0) is 110 Å². The molecule has 0 saturated carbocycles. The van der Waals surface area contributed by atoms with Crippen molar-refractivity contribution in [3.63, 3.8) is 0 Å². The number of carbonyl (C=O) groups is 2. The van der Waals surface area contributed by atoms with Gasteiger partial charge in [0.25, 0.3) is 0 Å². The molecule has 0 aromatic carbocycles. The molecule has 0 aromatic rings. The Bertz CT molecular complexity index is 1430. The molecule has 1 aliphatic heterocycles. The van der Waals surface area contributed by atoms with Gasteiger partial charge in [0.1, 0.15) is 24.4 Å². The molecule has 72 heavy (non-hydrogen) atoms. The van der Waals surface area contributed by atoms with E-state index >= 15 is 0 Å². The average molecular weight is 1010 g/mol. The molecule has 0 aliphatic carbocycles. The highest BCUT2D eigenvalue weighted by atomic mass is 16.7. The first-order valence-electron chi connectivity index (χ1n) is 29.2. The average Bonchev–Trinajstić information content (AvgIpc) is 3.38.